The number of ether oxygens (including phenoxy) is 2. The average Bonchev–Trinajstić information content (AvgIpc) is 2.88. The molecule has 2 aromatic rings. The number of carbonyl (C=O) groups excluding carboxylic acids is 2. The predicted molar refractivity (Wildman–Crippen MR) is 113 cm³/mol. The monoisotopic (exact) mass is 421 g/mol. The summed E-state index contributed by atoms with van der Waals surface area (Å²) in [6.07, 6.45) is -0.971. The van der Waals surface area contributed by atoms with E-state index in [0.717, 1.165) is 16.8 Å². The second kappa shape index (κ2) is 9.31. The van der Waals surface area contributed by atoms with E-state index in [-0.39, 0.29) is 12.5 Å². The molecule has 0 aliphatic rings. The van der Waals surface area contributed by atoms with Crippen molar-refractivity contribution in [2.24, 2.45) is 7.05 Å². The van der Waals surface area contributed by atoms with Gasteiger partial charge in [0.1, 0.15) is 5.75 Å². The van der Waals surface area contributed by atoms with Gasteiger partial charge in [-0.1, -0.05) is 25.4 Å². The summed E-state index contributed by atoms with van der Waals surface area (Å²) < 4.78 is 12.6. The van der Waals surface area contributed by atoms with Crippen LogP contribution in [-0.2, 0) is 21.4 Å². The fourth-order valence-electron chi connectivity index (χ4n) is 2.85. The van der Waals surface area contributed by atoms with Gasteiger partial charge in [0, 0.05) is 12.1 Å². The number of nitrogens with one attached hydrogen (secondary N) is 1. The summed E-state index contributed by atoms with van der Waals surface area (Å²) >= 11 is 6.19. The topological polar surface area (TPSA) is 82.4 Å². The van der Waals surface area contributed by atoms with Gasteiger partial charge in [0.2, 0.25) is 0 Å². The Hall–Kier alpha value is -2.54. The molecule has 1 aromatic heterocycles. The van der Waals surface area contributed by atoms with E-state index in [4.69, 9.17) is 21.1 Å². The molecule has 1 N–H and O–H groups in total. The lowest BCUT2D eigenvalue weighted by Crippen LogP contribution is -2.32. The van der Waals surface area contributed by atoms with E-state index < -0.39 is 18.0 Å². The number of nitrogens with zero attached hydrogens (tertiary/aromatic N) is 2. The van der Waals surface area contributed by atoms with Crippen molar-refractivity contribution in [1.82, 2.24) is 9.78 Å². The Morgan fingerprint density at radius 3 is 2.41 bits per heavy atom. The van der Waals surface area contributed by atoms with Gasteiger partial charge in [0.05, 0.1) is 17.1 Å². The molecule has 0 radical (unpaired) electrons. The molecule has 0 fully saturated rings. The molecule has 0 saturated heterocycles. The van der Waals surface area contributed by atoms with Crippen molar-refractivity contribution in [3.8, 4) is 5.75 Å². The van der Waals surface area contributed by atoms with Gasteiger partial charge in [-0.2, -0.15) is 5.10 Å². The molecule has 2 rings (SSSR count). The summed E-state index contributed by atoms with van der Waals surface area (Å²) in [5, 5.41) is 7.66. The van der Waals surface area contributed by atoms with E-state index >= 15 is 0 Å². The number of aromatic nitrogens is 2. The van der Waals surface area contributed by atoms with E-state index in [2.05, 4.69) is 10.4 Å². The third-order valence-electron chi connectivity index (χ3n) is 4.69. The molecular formula is C21H28ClN3O4. The molecule has 8 heteroatoms. The minimum Gasteiger partial charge on any atom is -0.482 e. The van der Waals surface area contributed by atoms with Crippen LogP contribution in [0.5, 0.6) is 5.75 Å². The summed E-state index contributed by atoms with van der Waals surface area (Å²) in [5.74, 6) is -0.301. The van der Waals surface area contributed by atoms with E-state index in [1.165, 1.54) is 6.92 Å². The lowest BCUT2D eigenvalue weighted by Gasteiger charge is -2.17. The van der Waals surface area contributed by atoms with Crippen molar-refractivity contribution in [2.45, 2.75) is 53.6 Å². The van der Waals surface area contributed by atoms with Crippen LogP contribution in [0.2, 0.25) is 5.02 Å². The molecular weight excluding hydrogens is 394 g/mol. The maximum absolute atomic E-state index is 12.4. The smallest absolute Gasteiger partial charge is 0.344 e. The molecule has 0 spiro atoms. The SMILES string of the molecule is Cc1cc(OCC(=O)OC(C)C(=O)Nc2c(C)nn(C)c2C)c(C(C)C)cc1Cl. The van der Waals surface area contributed by atoms with Crippen LogP contribution in [0, 0.1) is 20.8 Å². The van der Waals surface area contributed by atoms with Crippen LogP contribution >= 0.6 is 11.6 Å². The molecule has 1 atom stereocenters. The first-order valence-corrected chi connectivity index (χ1v) is 9.82. The number of rotatable bonds is 7. The Balaban J connectivity index is 1.97. The molecule has 1 unspecified atom stereocenters. The number of halogens is 1. The number of hydrogen-bond donors (Lipinski definition) is 1. The second-order valence-electron chi connectivity index (χ2n) is 7.37. The van der Waals surface area contributed by atoms with Gasteiger partial charge in [0.15, 0.2) is 12.7 Å². The van der Waals surface area contributed by atoms with Crippen LogP contribution in [-0.4, -0.2) is 34.4 Å². The zero-order chi connectivity index (χ0) is 21.9. The Labute approximate surface area is 176 Å². The molecule has 0 saturated carbocycles. The highest BCUT2D eigenvalue weighted by atomic mass is 35.5. The van der Waals surface area contributed by atoms with E-state index in [1.807, 2.05) is 33.8 Å². The summed E-state index contributed by atoms with van der Waals surface area (Å²) in [6, 6.07) is 3.64. The fourth-order valence-corrected chi connectivity index (χ4v) is 3.02. The molecule has 7 nitrogen and oxygen atoms in total. The molecule has 29 heavy (non-hydrogen) atoms. The van der Waals surface area contributed by atoms with Crippen LogP contribution in [0.3, 0.4) is 0 Å². The lowest BCUT2D eigenvalue weighted by atomic mass is 10.0. The fraction of sp³-hybridized carbons (Fsp3) is 0.476. The third kappa shape index (κ3) is 5.50. The standard InChI is InChI=1S/C21H28ClN3O4/c1-11(2)16-9-17(22)12(3)8-18(16)28-10-19(26)29-15(6)21(27)23-20-13(4)24-25(7)14(20)5/h8-9,11,15H,10H2,1-7H3,(H,23,27). The molecule has 1 aromatic carbocycles. The van der Waals surface area contributed by atoms with Crippen molar-refractivity contribution in [3.05, 3.63) is 39.7 Å². The van der Waals surface area contributed by atoms with Gasteiger partial charge in [0.25, 0.3) is 5.91 Å². The first-order chi connectivity index (χ1) is 13.5. The number of benzene rings is 1. The maximum atomic E-state index is 12.4. The van der Waals surface area contributed by atoms with Crippen LogP contribution in [0.4, 0.5) is 5.69 Å². The molecule has 158 valence electrons. The Bertz CT molecular complexity index is 921. The van der Waals surface area contributed by atoms with Crippen LogP contribution in [0.25, 0.3) is 0 Å². The molecule has 0 bridgehead atoms. The van der Waals surface area contributed by atoms with Crippen molar-refractivity contribution in [1.29, 1.82) is 0 Å². The minimum atomic E-state index is -0.971. The van der Waals surface area contributed by atoms with Crippen LogP contribution in [0.1, 0.15) is 49.2 Å². The highest BCUT2D eigenvalue weighted by molar-refractivity contribution is 6.31. The highest BCUT2D eigenvalue weighted by Crippen LogP contribution is 2.32. The van der Waals surface area contributed by atoms with Gasteiger partial charge < -0.3 is 14.8 Å². The number of anilines is 1. The second-order valence-corrected chi connectivity index (χ2v) is 7.78. The Morgan fingerprint density at radius 1 is 1.21 bits per heavy atom. The van der Waals surface area contributed by atoms with E-state index in [9.17, 15) is 9.59 Å². The lowest BCUT2D eigenvalue weighted by molar-refractivity contribution is -0.155. The van der Waals surface area contributed by atoms with Crippen molar-refractivity contribution < 1.29 is 19.1 Å². The summed E-state index contributed by atoms with van der Waals surface area (Å²) in [6.45, 7) is 10.8. The maximum Gasteiger partial charge on any atom is 0.344 e. The van der Waals surface area contributed by atoms with Crippen molar-refractivity contribution in [2.75, 3.05) is 11.9 Å². The summed E-state index contributed by atoms with van der Waals surface area (Å²) in [4.78, 5) is 24.6. The van der Waals surface area contributed by atoms with Crippen molar-refractivity contribution in [3.63, 3.8) is 0 Å². The first kappa shape index (κ1) is 22.7. The van der Waals surface area contributed by atoms with Crippen molar-refractivity contribution >= 4 is 29.2 Å². The van der Waals surface area contributed by atoms with E-state index in [1.54, 1.807) is 24.7 Å². The predicted octanol–water partition coefficient (Wildman–Crippen LogP) is 4.07. The van der Waals surface area contributed by atoms with Gasteiger partial charge in [-0.3, -0.25) is 9.48 Å². The van der Waals surface area contributed by atoms with Gasteiger partial charge >= 0.3 is 5.97 Å². The summed E-state index contributed by atoms with van der Waals surface area (Å²) in [7, 11) is 1.79. The first-order valence-electron chi connectivity index (χ1n) is 9.44. The largest absolute Gasteiger partial charge is 0.482 e. The average molecular weight is 422 g/mol. The summed E-state index contributed by atoms with van der Waals surface area (Å²) in [5.41, 5.74) is 3.89. The highest BCUT2D eigenvalue weighted by Gasteiger charge is 2.21. The quantitative estimate of drug-likeness (QED) is 0.681. The number of carbonyl (C=O) groups is 2. The number of aryl methyl sites for hydroxylation is 3. The zero-order valence-electron chi connectivity index (χ0n) is 17.9. The van der Waals surface area contributed by atoms with E-state index in [0.29, 0.717) is 22.2 Å². The molecule has 0 aliphatic carbocycles. The van der Waals surface area contributed by atoms with Gasteiger partial charge in [-0.25, -0.2) is 4.79 Å². The number of hydrogen-bond acceptors (Lipinski definition) is 5. The Kier molecular flexibility index (Phi) is 7.30. The molecule has 1 heterocycles. The van der Waals surface area contributed by atoms with Gasteiger partial charge in [-0.05, 0) is 56.9 Å². The number of amides is 1. The van der Waals surface area contributed by atoms with Gasteiger partial charge in [-0.15, -0.1) is 0 Å². The molecule has 0 aliphatic heterocycles. The van der Waals surface area contributed by atoms with Crippen LogP contribution in [0.15, 0.2) is 12.1 Å². The number of esters is 1. The normalized spacial score (nSPS) is 12.0. The molecule has 1 amide bonds. The Morgan fingerprint density at radius 2 is 1.86 bits per heavy atom. The minimum absolute atomic E-state index is 0.176. The third-order valence-corrected chi connectivity index (χ3v) is 5.10. The van der Waals surface area contributed by atoms with Crippen LogP contribution < -0.4 is 10.1 Å². The zero-order valence-corrected chi connectivity index (χ0v) is 18.7.